The van der Waals surface area contributed by atoms with Gasteiger partial charge in [-0.1, -0.05) is 42.0 Å². The third kappa shape index (κ3) is 6.08. The standard InChI is InChI=1S/C24H30N2O3/c1-18-4-3-5-20(16-18)17-23(27)26-14-11-21(12-15-26)24(28)25-13-10-19-6-8-22(29-2)9-7-19/h3-9,16,21H,10-15,17H2,1-2H3,(H,25,28). The normalized spacial score (nSPS) is 14.5. The van der Waals surface area contributed by atoms with E-state index in [0.29, 0.717) is 26.1 Å². The SMILES string of the molecule is COc1ccc(CCNC(=O)C2CCN(C(=O)Cc3cccc(C)c3)CC2)cc1. The molecule has 1 aliphatic heterocycles. The van der Waals surface area contributed by atoms with Crippen molar-refractivity contribution in [2.24, 2.45) is 5.92 Å². The van der Waals surface area contributed by atoms with Gasteiger partial charge in [-0.3, -0.25) is 9.59 Å². The molecular weight excluding hydrogens is 364 g/mol. The molecule has 154 valence electrons. The Bertz CT molecular complexity index is 824. The van der Waals surface area contributed by atoms with E-state index in [1.165, 1.54) is 11.1 Å². The lowest BCUT2D eigenvalue weighted by Crippen LogP contribution is -2.43. The molecule has 0 spiro atoms. The van der Waals surface area contributed by atoms with E-state index in [-0.39, 0.29) is 17.7 Å². The molecule has 5 nitrogen and oxygen atoms in total. The van der Waals surface area contributed by atoms with Gasteiger partial charge >= 0.3 is 0 Å². The number of aryl methyl sites for hydroxylation is 1. The number of piperidine rings is 1. The van der Waals surface area contributed by atoms with E-state index in [9.17, 15) is 9.59 Å². The van der Waals surface area contributed by atoms with Crippen LogP contribution in [0.25, 0.3) is 0 Å². The van der Waals surface area contributed by atoms with Crippen LogP contribution in [0.5, 0.6) is 5.75 Å². The van der Waals surface area contributed by atoms with Gasteiger partial charge in [0.1, 0.15) is 5.75 Å². The summed E-state index contributed by atoms with van der Waals surface area (Å²) in [6.45, 7) is 3.97. The third-order valence-electron chi connectivity index (χ3n) is 5.53. The fourth-order valence-electron chi connectivity index (χ4n) is 3.77. The molecule has 2 aromatic carbocycles. The quantitative estimate of drug-likeness (QED) is 0.785. The zero-order valence-corrected chi connectivity index (χ0v) is 17.3. The Morgan fingerprint density at radius 1 is 1.07 bits per heavy atom. The van der Waals surface area contributed by atoms with Crippen LogP contribution in [0, 0.1) is 12.8 Å². The Kier molecular flexibility index (Phi) is 7.28. The average molecular weight is 395 g/mol. The molecule has 29 heavy (non-hydrogen) atoms. The zero-order valence-electron chi connectivity index (χ0n) is 17.3. The molecule has 0 bridgehead atoms. The van der Waals surface area contributed by atoms with Gasteiger partial charge in [0.25, 0.3) is 0 Å². The third-order valence-corrected chi connectivity index (χ3v) is 5.53. The number of rotatable bonds is 7. The van der Waals surface area contributed by atoms with E-state index >= 15 is 0 Å². The maximum atomic E-state index is 12.5. The summed E-state index contributed by atoms with van der Waals surface area (Å²) >= 11 is 0. The number of ether oxygens (including phenoxy) is 1. The molecule has 1 saturated heterocycles. The van der Waals surface area contributed by atoms with Crippen LogP contribution >= 0.6 is 0 Å². The minimum atomic E-state index is -0.00566. The van der Waals surface area contributed by atoms with E-state index in [4.69, 9.17) is 4.74 Å². The molecule has 0 radical (unpaired) electrons. The fraction of sp³-hybridized carbons (Fsp3) is 0.417. The van der Waals surface area contributed by atoms with Gasteiger partial charge in [-0.2, -0.15) is 0 Å². The maximum Gasteiger partial charge on any atom is 0.226 e. The number of amides is 2. The van der Waals surface area contributed by atoms with Crippen molar-refractivity contribution >= 4 is 11.8 Å². The molecule has 2 amide bonds. The van der Waals surface area contributed by atoms with Gasteiger partial charge < -0.3 is 15.0 Å². The molecule has 3 rings (SSSR count). The van der Waals surface area contributed by atoms with Crippen LogP contribution in [-0.4, -0.2) is 43.5 Å². The zero-order chi connectivity index (χ0) is 20.6. The molecule has 0 unspecified atom stereocenters. The molecule has 0 aromatic heterocycles. The van der Waals surface area contributed by atoms with Gasteiger partial charge in [-0.25, -0.2) is 0 Å². The average Bonchev–Trinajstić information content (AvgIpc) is 2.74. The first-order chi connectivity index (χ1) is 14.0. The number of nitrogens with zero attached hydrogens (tertiary/aromatic N) is 1. The second kappa shape index (κ2) is 10.1. The second-order valence-corrected chi connectivity index (χ2v) is 7.71. The summed E-state index contributed by atoms with van der Waals surface area (Å²) < 4.78 is 5.16. The maximum absolute atomic E-state index is 12.5. The van der Waals surface area contributed by atoms with Crippen molar-refractivity contribution in [3.63, 3.8) is 0 Å². The Morgan fingerprint density at radius 3 is 2.45 bits per heavy atom. The van der Waals surface area contributed by atoms with Gasteiger partial charge in [-0.15, -0.1) is 0 Å². The molecule has 1 heterocycles. The topological polar surface area (TPSA) is 58.6 Å². The highest BCUT2D eigenvalue weighted by Gasteiger charge is 2.27. The number of nitrogens with one attached hydrogen (secondary N) is 1. The first kappa shape index (κ1) is 20.9. The monoisotopic (exact) mass is 394 g/mol. The van der Waals surface area contributed by atoms with Crippen LogP contribution in [-0.2, 0) is 22.4 Å². The molecule has 5 heteroatoms. The lowest BCUT2D eigenvalue weighted by atomic mass is 9.95. The number of benzene rings is 2. The molecule has 2 aromatic rings. The molecule has 1 N–H and O–H groups in total. The number of methoxy groups -OCH3 is 1. The van der Waals surface area contributed by atoms with Crippen molar-refractivity contribution in [3.8, 4) is 5.75 Å². The van der Waals surface area contributed by atoms with E-state index in [1.54, 1.807) is 7.11 Å². The summed E-state index contributed by atoms with van der Waals surface area (Å²) in [4.78, 5) is 26.9. The lowest BCUT2D eigenvalue weighted by molar-refractivity contribution is -0.135. The van der Waals surface area contributed by atoms with Crippen molar-refractivity contribution in [2.45, 2.75) is 32.6 Å². The summed E-state index contributed by atoms with van der Waals surface area (Å²) in [5, 5.41) is 3.05. The molecular formula is C24H30N2O3. The van der Waals surface area contributed by atoms with Crippen molar-refractivity contribution in [3.05, 3.63) is 65.2 Å². The smallest absolute Gasteiger partial charge is 0.226 e. The minimum Gasteiger partial charge on any atom is -0.497 e. The van der Waals surface area contributed by atoms with E-state index in [2.05, 4.69) is 11.4 Å². The predicted molar refractivity (Wildman–Crippen MR) is 114 cm³/mol. The molecule has 0 atom stereocenters. The fourth-order valence-corrected chi connectivity index (χ4v) is 3.77. The van der Waals surface area contributed by atoms with Gasteiger partial charge in [0.05, 0.1) is 13.5 Å². The van der Waals surface area contributed by atoms with E-state index < -0.39 is 0 Å². The highest BCUT2D eigenvalue weighted by molar-refractivity contribution is 5.81. The van der Waals surface area contributed by atoms with Crippen LogP contribution < -0.4 is 10.1 Å². The first-order valence-corrected chi connectivity index (χ1v) is 10.3. The summed E-state index contributed by atoms with van der Waals surface area (Å²) in [5.74, 6) is 1.08. The number of carbonyl (C=O) groups is 2. The Labute approximate surface area is 173 Å². The van der Waals surface area contributed by atoms with Crippen molar-refractivity contribution in [1.29, 1.82) is 0 Å². The van der Waals surface area contributed by atoms with Crippen LogP contribution in [0.3, 0.4) is 0 Å². The molecule has 0 saturated carbocycles. The van der Waals surface area contributed by atoms with Gasteiger partial charge in [0.15, 0.2) is 0 Å². The number of hydrogen-bond donors (Lipinski definition) is 1. The second-order valence-electron chi connectivity index (χ2n) is 7.71. The van der Waals surface area contributed by atoms with Gasteiger partial charge in [0.2, 0.25) is 11.8 Å². The highest BCUT2D eigenvalue weighted by atomic mass is 16.5. The van der Waals surface area contributed by atoms with Crippen LogP contribution in [0.15, 0.2) is 48.5 Å². The van der Waals surface area contributed by atoms with E-state index in [1.807, 2.05) is 54.3 Å². The largest absolute Gasteiger partial charge is 0.497 e. The van der Waals surface area contributed by atoms with Crippen LogP contribution in [0.2, 0.25) is 0 Å². The summed E-state index contributed by atoms with van der Waals surface area (Å²) in [6.07, 6.45) is 2.69. The van der Waals surface area contributed by atoms with Gasteiger partial charge in [-0.05, 0) is 49.4 Å². The summed E-state index contributed by atoms with van der Waals surface area (Å²) in [5.41, 5.74) is 3.39. The number of carbonyl (C=O) groups excluding carboxylic acids is 2. The Hall–Kier alpha value is -2.82. The number of likely N-dealkylation sites (tertiary alicyclic amines) is 1. The van der Waals surface area contributed by atoms with Crippen molar-refractivity contribution in [2.75, 3.05) is 26.7 Å². The van der Waals surface area contributed by atoms with Crippen molar-refractivity contribution < 1.29 is 14.3 Å². The lowest BCUT2D eigenvalue weighted by Gasteiger charge is -2.31. The van der Waals surface area contributed by atoms with Crippen LogP contribution in [0.1, 0.15) is 29.5 Å². The summed E-state index contributed by atoms with van der Waals surface area (Å²) in [6, 6.07) is 16.0. The Morgan fingerprint density at radius 2 is 1.79 bits per heavy atom. The molecule has 0 aliphatic carbocycles. The van der Waals surface area contributed by atoms with Gasteiger partial charge in [0, 0.05) is 25.6 Å². The first-order valence-electron chi connectivity index (χ1n) is 10.3. The molecule has 1 fully saturated rings. The Balaban J connectivity index is 1.39. The van der Waals surface area contributed by atoms with Crippen molar-refractivity contribution in [1.82, 2.24) is 10.2 Å². The predicted octanol–water partition coefficient (Wildman–Crippen LogP) is 3.14. The molecule has 1 aliphatic rings. The highest BCUT2D eigenvalue weighted by Crippen LogP contribution is 2.19. The van der Waals surface area contributed by atoms with E-state index in [0.717, 1.165) is 30.6 Å². The minimum absolute atomic E-state index is 0.00566. The summed E-state index contributed by atoms with van der Waals surface area (Å²) in [7, 11) is 1.65. The number of hydrogen-bond acceptors (Lipinski definition) is 3. The van der Waals surface area contributed by atoms with Crippen LogP contribution in [0.4, 0.5) is 0 Å².